The van der Waals surface area contributed by atoms with E-state index >= 15 is 0 Å². The summed E-state index contributed by atoms with van der Waals surface area (Å²) in [7, 11) is 0. The quantitative estimate of drug-likeness (QED) is 0.222. The summed E-state index contributed by atoms with van der Waals surface area (Å²) < 4.78 is 5.17. The maximum Gasteiger partial charge on any atom is 0.287 e. The number of aliphatic imine (C=N–C) groups is 1. The van der Waals surface area contributed by atoms with Crippen LogP contribution < -0.4 is 16.0 Å². The fourth-order valence-corrected chi connectivity index (χ4v) is 2.51. The summed E-state index contributed by atoms with van der Waals surface area (Å²) in [5, 5.41) is 10.0. The molecule has 0 aliphatic rings. The Morgan fingerprint density at radius 1 is 1.15 bits per heavy atom. The van der Waals surface area contributed by atoms with E-state index in [-0.39, 0.29) is 29.9 Å². The standard InChI is InChI=1S/C19H25ClN4O2.HI/c1-3-21-19(24-13-15-7-4-5-8-16(15)20)23-11-6-10-22-18(25)17-14(2)9-12-26-17;/h4-5,7-9,12H,3,6,10-11,13H2,1-2H3,(H,22,25)(H2,21,23,24);1H. The second kappa shape index (κ2) is 12.6. The molecule has 0 saturated heterocycles. The van der Waals surface area contributed by atoms with Gasteiger partial charge in [-0.05, 0) is 38.0 Å². The van der Waals surface area contributed by atoms with E-state index in [0.717, 1.165) is 30.1 Å². The third-order valence-electron chi connectivity index (χ3n) is 3.71. The summed E-state index contributed by atoms with van der Waals surface area (Å²) in [5.74, 6) is 0.903. The zero-order valence-corrected chi connectivity index (χ0v) is 18.6. The highest BCUT2D eigenvalue weighted by atomic mass is 127. The predicted octanol–water partition coefficient (Wildman–Crippen LogP) is 3.73. The number of rotatable bonds is 8. The van der Waals surface area contributed by atoms with E-state index < -0.39 is 0 Å². The van der Waals surface area contributed by atoms with Crippen molar-refractivity contribution >= 4 is 47.4 Å². The molecule has 0 aliphatic carbocycles. The lowest BCUT2D eigenvalue weighted by atomic mass is 10.2. The van der Waals surface area contributed by atoms with E-state index in [2.05, 4.69) is 20.9 Å². The Morgan fingerprint density at radius 2 is 1.89 bits per heavy atom. The highest BCUT2D eigenvalue weighted by Gasteiger charge is 2.11. The van der Waals surface area contributed by atoms with Crippen LogP contribution in [-0.2, 0) is 6.54 Å². The van der Waals surface area contributed by atoms with Crippen LogP contribution in [0, 0.1) is 6.92 Å². The summed E-state index contributed by atoms with van der Waals surface area (Å²) in [5.41, 5.74) is 1.81. The second-order valence-corrected chi connectivity index (χ2v) is 6.16. The second-order valence-electron chi connectivity index (χ2n) is 5.76. The van der Waals surface area contributed by atoms with E-state index in [1.165, 1.54) is 6.26 Å². The minimum absolute atomic E-state index is 0. The molecule has 6 nitrogen and oxygen atoms in total. The summed E-state index contributed by atoms with van der Waals surface area (Å²) in [6.45, 7) is 6.37. The van der Waals surface area contributed by atoms with Gasteiger partial charge in [-0.1, -0.05) is 29.8 Å². The van der Waals surface area contributed by atoms with Gasteiger partial charge in [0.05, 0.1) is 12.8 Å². The minimum atomic E-state index is -0.188. The lowest BCUT2D eigenvalue weighted by Crippen LogP contribution is -2.38. The molecular formula is C19H26ClIN4O2. The Labute approximate surface area is 182 Å². The molecule has 0 aliphatic heterocycles. The lowest BCUT2D eigenvalue weighted by Gasteiger charge is -2.12. The maximum atomic E-state index is 11.9. The number of nitrogens with zero attached hydrogens (tertiary/aromatic N) is 1. The first-order chi connectivity index (χ1) is 12.6. The molecule has 0 bridgehead atoms. The van der Waals surface area contributed by atoms with Crippen LogP contribution in [0.2, 0.25) is 5.02 Å². The van der Waals surface area contributed by atoms with Crippen molar-refractivity contribution in [3.63, 3.8) is 0 Å². The zero-order chi connectivity index (χ0) is 18.8. The Kier molecular flexibility index (Phi) is 10.9. The molecule has 1 aromatic carbocycles. The first kappa shape index (κ1) is 23.3. The van der Waals surface area contributed by atoms with Crippen molar-refractivity contribution in [1.82, 2.24) is 16.0 Å². The molecule has 0 saturated carbocycles. The van der Waals surface area contributed by atoms with Crippen LogP contribution >= 0.6 is 35.6 Å². The topological polar surface area (TPSA) is 78.7 Å². The van der Waals surface area contributed by atoms with Gasteiger partial charge >= 0.3 is 0 Å². The molecule has 0 fully saturated rings. The third kappa shape index (κ3) is 7.80. The Bertz CT molecular complexity index is 749. The van der Waals surface area contributed by atoms with Gasteiger partial charge in [-0.25, -0.2) is 4.99 Å². The monoisotopic (exact) mass is 504 g/mol. The van der Waals surface area contributed by atoms with Crippen molar-refractivity contribution in [2.75, 3.05) is 19.6 Å². The van der Waals surface area contributed by atoms with E-state index in [4.69, 9.17) is 16.0 Å². The number of nitrogens with one attached hydrogen (secondary N) is 3. The Balaban J connectivity index is 0.00000364. The van der Waals surface area contributed by atoms with Crippen molar-refractivity contribution in [2.45, 2.75) is 26.8 Å². The Hall–Kier alpha value is -1.74. The van der Waals surface area contributed by atoms with Crippen molar-refractivity contribution < 1.29 is 9.21 Å². The van der Waals surface area contributed by atoms with E-state index in [9.17, 15) is 4.79 Å². The van der Waals surface area contributed by atoms with Gasteiger partial charge in [0, 0.05) is 30.2 Å². The maximum absolute atomic E-state index is 11.9. The van der Waals surface area contributed by atoms with Crippen LogP contribution in [0.25, 0.3) is 0 Å². The molecule has 8 heteroatoms. The number of halogens is 2. The molecule has 1 amide bonds. The molecule has 0 unspecified atom stereocenters. The molecule has 1 aromatic heterocycles. The number of carbonyl (C=O) groups excluding carboxylic acids is 1. The molecule has 0 spiro atoms. The van der Waals surface area contributed by atoms with Crippen molar-refractivity contribution in [1.29, 1.82) is 0 Å². The van der Waals surface area contributed by atoms with Gasteiger partial charge in [-0.3, -0.25) is 4.79 Å². The molecule has 2 aromatic rings. The number of carbonyl (C=O) groups is 1. The summed E-state index contributed by atoms with van der Waals surface area (Å²) in [6.07, 6.45) is 2.28. The van der Waals surface area contributed by atoms with Gasteiger partial charge < -0.3 is 20.4 Å². The van der Waals surface area contributed by atoms with Crippen molar-refractivity contribution in [2.24, 2.45) is 4.99 Å². The van der Waals surface area contributed by atoms with Gasteiger partial charge in [0.25, 0.3) is 5.91 Å². The summed E-state index contributed by atoms with van der Waals surface area (Å²) >= 11 is 6.16. The van der Waals surface area contributed by atoms with Crippen LogP contribution in [0.1, 0.15) is 35.0 Å². The number of hydrogen-bond acceptors (Lipinski definition) is 3. The van der Waals surface area contributed by atoms with Crippen LogP contribution in [0.4, 0.5) is 0 Å². The van der Waals surface area contributed by atoms with E-state index in [0.29, 0.717) is 30.4 Å². The minimum Gasteiger partial charge on any atom is -0.459 e. The third-order valence-corrected chi connectivity index (χ3v) is 4.08. The van der Waals surface area contributed by atoms with Gasteiger partial charge in [0.2, 0.25) is 0 Å². The van der Waals surface area contributed by atoms with Gasteiger partial charge in [-0.15, -0.1) is 24.0 Å². The van der Waals surface area contributed by atoms with Gasteiger partial charge in [0.1, 0.15) is 0 Å². The molecule has 27 heavy (non-hydrogen) atoms. The van der Waals surface area contributed by atoms with Gasteiger partial charge in [0.15, 0.2) is 11.7 Å². The highest BCUT2D eigenvalue weighted by molar-refractivity contribution is 14.0. The largest absolute Gasteiger partial charge is 0.459 e. The number of aryl methyl sites for hydroxylation is 1. The average Bonchev–Trinajstić information content (AvgIpc) is 3.06. The van der Waals surface area contributed by atoms with Crippen molar-refractivity contribution in [3.05, 3.63) is 58.5 Å². The van der Waals surface area contributed by atoms with Gasteiger partial charge in [-0.2, -0.15) is 0 Å². The van der Waals surface area contributed by atoms with Crippen LogP contribution in [0.5, 0.6) is 0 Å². The van der Waals surface area contributed by atoms with Crippen LogP contribution in [0.15, 0.2) is 46.0 Å². The van der Waals surface area contributed by atoms with Crippen LogP contribution in [0.3, 0.4) is 0 Å². The fourth-order valence-electron chi connectivity index (χ4n) is 2.32. The summed E-state index contributed by atoms with van der Waals surface area (Å²) in [6, 6.07) is 9.43. The molecule has 148 valence electrons. The SMILES string of the molecule is CCNC(=NCc1ccccc1Cl)NCCCNC(=O)c1occc1C.I. The molecule has 0 radical (unpaired) electrons. The molecule has 1 heterocycles. The first-order valence-corrected chi connectivity index (χ1v) is 9.07. The molecule has 0 atom stereocenters. The number of furan rings is 1. The number of guanidine groups is 1. The van der Waals surface area contributed by atoms with E-state index in [1.54, 1.807) is 6.07 Å². The van der Waals surface area contributed by atoms with Crippen molar-refractivity contribution in [3.8, 4) is 0 Å². The normalized spacial score (nSPS) is 10.9. The Morgan fingerprint density at radius 3 is 2.56 bits per heavy atom. The number of hydrogen-bond donors (Lipinski definition) is 3. The predicted molar refractivity (Wildman–Crippen MR) is 120 cm³/mol. The molecular weight excluding hydrogens is 479 g/mol. The van der Waals surface area contributed by atoms with E-state index in [1.807, 2.05) is 38.1 Å². The number of benzene rings is 1. The fraction of sp³-hybridized carbons (Fsp3) is 0.368. The highest BCUT2D eigenvalue weighted by Crippen LogP contribution is 2.15. The number of amides is 1. The smallest absolute Gasteiger partial charge is 0.287 e. The average molecular weight is 505 g/mol. The summed E-state index contributed by atoms with van der Waals surface area (Å²) in [4.78, 5) is 16.5. The zero-order valence-electron chi connectivity index (χ0n) is 15.5. The van der Waals surface area contributed by atoms with Crippen LogP contribution in [-0.4, -0.2) is 31.5 Å². The molecule has 3 N–H and O–H groups in total. The molecule has 2 rings (SSSR count). The lowest BCUT2D eigenvalue weighted by molar-refractivity contribution is 0.0925. The first-order valence-electron chi connectivity index (χ1n) is 8.69.